The van der Waals surface area contributed by atoms with E-state index in [-0.39, 0.29) is 0 Å². The number of hydrogen-bond donors (Lipinski definition) is 3. The van der Waals surface area contributed by atoms with Crippen LogP contribution in [-0.2, 0) is 14.3 Å². The molecule has 0 radical (unpaired) electrons. The molecular formula is C7H14O6. The zero-order valence-corrected chi connectivity index (χ0v) is 7.56. The summed E-state index contributed by atoms with van der Waals surface area (Å²) in [6.45, 7) is 2.61. The highest BCUT2D eigenvalue weighted by molar-refractivity contribution is 5.73. The molecule has 0 aliphatic heterocycles. The molecule has 6 nitrogen and oxygen atoms in total. The van der Waals surface area contributed by atoms with Gasteiger partial charge in [0.25, 0.3) is 0 Å². The van der Waals surface area contributed by atoms with Crippen LogP contribution in [0.15, 0.2) is 0 Å². The van der Waals surface area contributed by atoms with Gasteiger partial charge < -0.3 is 20.1 Å². The monoisotopic (exact) mass is 194 g/mol. The molecule has 6 heteroatoms. The highest BCUT2D eigenvalue weighted by Gasteiger charge is 2.07. The molecule has 0 saturated carbocycles. The number of carboxylic acids is 1. The Morgan fingerprint density at radius 2 is 1.85 bits per heavy atom. The molecule has 13 heavy (non-hydrogen) atoms. The van der Waals surface area contributed by atoms with Gasteiger partial charge in [0.15, 0.2) is 0 Å². The van der Waals surface area contributed by atoms with Gasteiger partial charge in [-0.05, 0) is 13.8 Å². The fraction of sp³-hybridized carbons (Fsp3) is 0.714. The smallest absolute Gasteiger partial charge is 0.334 e. The fourth-order valence-electron chi connectivity index (χ4n) is 0.263. The van der Waals surface area contributed by atoms with Crippen LogP contribution < -0.4 is 0 Å². The van der Waals surface area contributed by atoms with E-state index in [9.17, 15) is 4.79 Å². The number of esters is 1. The minimum atomic E-state index is -1.19. The first-order valence-corrected chi connectivity index (χ1v) is 3.63. The van der Waals surface area contributed by atoms with Crippen molar-refractivity contribution in [2.75, 3.05) is 13.2 Å². The Bertz CT molecular complexity index is 153. The van der Waals surface area contributed by atoms with Gasteiger partial charge in [0.1, 0.15) is 12.7 Å². The number of ether oxygens (including phenoxy) is 1. The largest absolute Gasteiger partial charge is 0.480 e. The van der Waals surface area contributed by atoms with Crippen LogP contribution in [0.2, 0.25) is 0 Å². The lowest BCUT2D eigenvalue weighted by Crippen LogP contribution is -2.18. The van der Waals surface area contributed by atoms with Crippen LogP contribution >= 0.6 is 0 Å². The van der Waals surface area contributed by atoms with E-state index in [0.29, 0.717) is 6.61 Å². The lowest BCUT2D eigenvalue weighted by molar-refractivity contribution is -0.151. The molecule has 0 heterocycles. The van der Waals surface area contributed by atoms with E-state index in [2.05, 4.69) is 4.74 Å². The number of aliphatic hydroxyl groups is 2. The third kappa shape index (κ3) is 13.8. The molecule has 0 amide bonds. The molecule has 1 atom stereocenters. The van der Waals surface area contributed by atoms with Gasteiger partial charge in [0.05, 0.1) is 6.61 Å². The molecule has 0 aliphatic carbocycles. The summed E-state index contributed by atoms with van der Waals surface area (Å²) in [7, 11) is 0. The number of aliphatic hydroxyl groups excluding tert-OH is 2. The molecule has 0 aromatic heterocycles. The summed E-state index contributed by atoms with van der Waals surface area (Å²) in [5.41, 5.74) is 0. The van der Waals surface area contributed by atoms with E-state index < -0.39 is 24.6 Å². The summed E-state index contributed by atoms with van der Waals surface area (Å²) in [5, 5.41) is 23.5. The van der Waals surface area contributed by atoms with Crippen molar-refractivity contribution in [2.24, 2.45) is 0 Å². The van der Waals surface area contributed by atoms with Gasteiger partial charge in [-0.3, -0.25) is 0 Å². The molecule has 0 aromatic rings. The van der Waals surface area contributed by atoms with Crippen molar-refractivity contribution in [1.82, 2.24) is 0 Å². The van der Waals surface area contributed by atoms with Gasteiger partial charge in [-0.15, -0.1) is 0 Å². The maximum absolute atomic E-state index is 10.3. The van der Waals surface area contributed by atoms with E-state index in [4.69, 9.17) is 20.1 Å². The van der Waals surface area contributed by atoms with Crippen molar-refractivity contribution in [3.63, 3.8) is 0 Å². The quantitative estimate of drug-likeness (QED) is 0.497. The van der Waals surface area contributed by atoms with E-state index >= 15 is 0 Å². The maximum Gasteiger partial charge on any atom is 0.334 e. The summed E-state index contributed by atoms with van der Waals surface area (Å²) in [6.07, 6.45) is -0.991. The summed E-state index contributed by atoms with van der Waals surface area (Å²) < 4.78 is 4.41. The van der Waals surface area contributed by atoms with Gasteiger partial charge in [0.2, 0.25) is 0 Å². The van der Waals surface area contributed by atoms with E-state index in [1.165, 1.54) is 6.92 Å². The lowest BCUT2D eigenvalue weighted by Gasteiger charge is -2.01. The van der Waals surface area contributed by atoms with Crippen molar-refractivity contribution in [3.05, 3.63) is 0 Å². The Morgan fingerprint density at radius 3 is 1.92 bits per heavy atom. The Balaban J connectivity index is 0. The van der Waals surface area contributed by atoms with Crippen LogP contribution in [0.4, 0.5) is 0 Å². The van der Waals surface area contributed by atoms with Crippen molar-refractivity contribution < 1.29 is 29.6 Å². The average molecular weight is 194 g/mol. The normalized spacial score (nSPS) is 10.8. The van der Waals surface area contributed by atoms with Crippen LogP contribution in [-0.4, -0.2) is 46.6 Å². The number of aliphatic carboxylic acids is 1. The predicted octanol–water partition coefficient (Wildman–Crippen LogP) is -1.01. The molecule has 0 aliphatic rings. The van der Waals surface area contributed by atoms with Crippen LogP contribution in [0.5, 0.6) is 0 Å². The van der Waals surface area contributed by atoms with E-state index in [0.717, 1.165) is 0 Å². The molecule has 1 unspecified atom stereocenters. The predicted molar refractivity (Wildman–Crippen MR) is 43.0 cm³/mol. The summed E-state index contributed by atoms with van der Waals surface area (Å²) in [4.78, 5) is 19.4. The minimum absolute atomic E-state index is 0.323. The van der Waals surface area contributed by atoms with Gasteiger partial charge in [-0.2, -0.15) is 0 Å². The second kappa shape index (κ2) is 8.95. The lowest BCUT2D eigenvalue weighted by atomic mass is 10.4. The standard InChI is InChI=1S/C5H10O3.C2H4O3/c1-3-8-5(7)4(2)6;3-1-2(4)5/h4,6H,3H2,1-2H3;3H,1H2,(H,4,5). The second-order valence-corrected chi connectivity index (χ2v) is 1.98. The van der Waals surface area contributed by atoms with Crippen molar-refractivity contribution in [2.45, 2.75) is 20.0 Å². The SMILES string of the molecule is CCOC(=O)C(C)O.O=C(O)CO. The Labute approximate surface area is 75.8 Å². The first-order valence-electron chi connectivity index (χ1n) is 3.63. The van der Waals surface area contributed by atoms with Crippen LogP contribution in [0.25, 0.3) is 0 Å². The highest BCUT2D eigenvalue weighted by atomic mass is 16.5. The number of carbonyl (C=O) groups excluding carboxylic acids is 1. The Kier molecular flexibility index (Phi) is 9.91. The molecule has 0 aromatic carbocycles. The molecule has 0 saturated heterocycles. The first-order chi connectivity index (χ1) is 5.95. The third-order valence-corrected chi connectivity index (χ3v) is 0.763. The van der Waals surface area contributed by atoms with Gasteiger partial charge >= 0.3 is 11.9 Å². The molecule has 0 bridgehead atoms. The molecule has 0 rings (SSSR count). The van der Waals surface area contributed by atoms with Crippen molar-refractivity contribution in [1.29, 1.82) is 0 Å². The Hall–Kier alpha value is -1.14. The van der Waals surface area contributed by atoms with Gasteiger partial charge in [-0.25, -0.2) is 9.59 Å². The zero-order chi connectivity index (χ0) is 10.9. The van der Waals surface area contributed by atoms with Gasteiger partial charge in [-0.1, -0.05) is 0 Å². The fourth-order valence-corrected chi connectivity index (χ4v) is 0.263. The molecule has 0 fully saturated rings. The van der Waals surface area contributed by atoms with E-state index in [1.54, 1.807) is 6.92 Å². The summed E-state index contributed by atoms with van der Waals surface area (Å²) in [5.74, 6) is -1.75. The third-order valence-electron chi connectivity index (χ3n) is 0.763. The average Bonchev–Trinajstić information content (AvgIpc) is 2.06. The Morgan fingerprint density at radius 1 is 1.46 bits per heavy atom. The number of rotatable bonds is 3. The summed E-state index contributed by atoms with van der Waals surface area (Å²) >= 11 is 0. The maximum atomic E-state index is 10.3. The molecular weight excluding hydrogens is 180 g/mol. The second-order valence-electron chi connectivity index (χ2n) is 1.98. The van der Waals surface area contributed by atoms with Crippen molar-refractivity contribution in [3.8, 4) is 0 Å². The van der Waals surface area contributed by atoms with Crippen molar-refractivity contribution >= 4 is 11.9 Å². The number of hydrogen-bond acceptors (Lipinski definition) is 5. The van der Waals surface area contributed by atoms with E-state index in [1.807, 2.05) is 0 Å². The molecule has 78 valence electrons. The highest BCUT2D eigenvalue weighted by Crippen LogP contribution is 1.84. The number of carbonyl (C=O) groups is 2. The summed E-state index contributed by atoms with van der Waals surface area (Å²) in [6, 6.07) is 0. The van der Waals surface area contributed by atoms with Crippen LogP contribution in [0.1, 0.15) is 13.8 Å². The first kappa shape index (κ1) is 14.4. The minimum Gasteiger partial charge on any atom is -0.480 e. The molecule has 0 spiro atoms. The van der Waals surface area contributed by atoms with Crippen LogP contribution in [0.3, 0.4) is 0 Å². The topological polar surface area (TPSA) is 104 Å². The van der Waals surface area contributed by atoms with Crippen LogP contribution in [0, 0.1) is 0 Å². The number of carboxylic acid groups (broad SMARTS) is 1. The zero-order valence-electron chi connectivity index (χ0n) is 7.56. The molecule has 3 N–H and O–H groups in total. The van der Waals surface area contributed by atoms with Gasteiger partial charge in [0, 0.05) is 0 Å².